The van der Waals surface area contributed by atoms with E-state index >= 15 is 0 Å². The predicted octanol–water partition coefficient (Wildman–Crippen LogP) is 4.72. The molecule has 0 unspecified atom stereocenters. The summed E-state index contributed by atoms with van der Waals surface area (Å²) in [5.41, 5.74) is 10.7. The highest BCUT2D eigenvalue weighted by Crippen LogP contribution is 2.36. The Balaban J connectivity index is 0.000000160. The SMILES string of the molecule is CNCc1ccc(-c2[nH]c3cc(F)cc4c3c2CCNC4=O)cc1.CNCc1ccc(-c2[nH]c3cc(F)cc4c3c2CCNC4=O)cc1.O=S(=O)(O)CCS(=O)(=O)O. The standard InChI is InChI=1S/2C19H18FN3O.C2H6O6S2/c2*1-21-10-11-2-4-12(5-3-11)18-14-6-7-22-19(24)15-8-13(20)9-16(23-18)17(14)15;3-9(4,5)1-2-10(6,7)8/h2*2-5,8-9,21,23H,6-7,10H2,1H3,(H,22,24);1-2H2,(H,3,4,5)(H,6,7,8). The molecule has 0 bridgehead atoms. The molecule has 4 aromatic carbocycles. The number of hydrogen-bond donors (Lipinski definition) is 8. The van der Waals surface area contributed by atoms with Crippen molar-refractivity contribution in [2.45, 2.75) is 25.9 Å². The van der Waals surface area contributed by atoms with Crippen LogP contribution in [0.2, 0.25) is 0 Å². The van der Waals surface area contributed by atoms with Crippen molar-refractivity contribution in [3.8, 4) is 22.5 Å². The van der Waals surface area contributed by atoms with Gasteiger partial charge in [-0.15, -0.1) is 0 Å². The van der Waals surface area contributed by atoms with Crippen LogP contribution in [0.15, 0.2) is 72.8 Å². The third-order valence-corrected chi connectivity index (χ3v) is 11.3. The average molecular weight is 837 g/mol. The predicted molar refractivity (Wildman–Crippen MR) is 218 cm³/mol. The second kappa shape index (κ2) is 17.6. The van der Waals surface area contributed by atoms with E-state index in [0.29, 0.717) is 35.2 Å². The molecule has 6 aromatic rings. The largest absolute Gasteiger partial charge is 0.354 e. The number of halogens is 2. The van der Waals surface area contributed by atoms with Crippen LogP contribution in [0.4, 0.5) is 8.78 Å². The molecule has 8 rings (SSSR count). The van der Waals surface area contributed by atoms with E-state index in [0.717, 1.165) is 70.3 Å². The lowest BCUT2D eigenvalue weighted by atomic mass is 9.99. The molecule has 0 atom stereocenters. The average Bonchev–Trinajstić information content (AvgIpc) is 3.60. The van der Waals surface area contributed by atoms with Crippen molar-refractivity contribution < 1.29 is 44.3 Å². The molecule has 0 radical (unpaired) electrons. The fourth-order valence-corrected chi connectivity index (χ4v) is 8.76. The Kier molecular flexibility index (Phi) is 12.7. The van der Waals surface area contributed by atoms with E-state index in [4.69, 9.17) is 9.11 Å². The van der Waals surface area contributed by atoms with Gasteiger partial charge in [-0.05, 0) is 84.6 Å². The first-order chi connectivity index (χ1) is 27.5. The molecule has 0 saturated heterocycles. The number of amides is 2. The number of benzene rings is 4. The minimum atomic E-state index is -4.30. The molecule has 2 aliphatic heterocycles. The smallest absolute Gasteiger partial charge is 0.265 e. The molecule has 18 heteroatoms. The highest BCUT2D eigenvalue weighted by molar-refractivity contribution is 7.89. The van der Waals surface area contributed by atoms with Gasteiger partial charge in [-0.1, -0.05) is 48.5 Å². The van der Waals surface area contributed by atoms with Crippen LogP contribution < -0.4 is 21.3 Å². The Labute approximate surface area is 333 Å². The fourth-order valence-electron chi connectivity index (χ4n) is 7.07. The van der Waals surface area contributed by atoms with Crippen LogP contribution in [-0.4, -0.2) is 86.4 Å². The van der Waals surface area contributed by atoms with Gasteiger partial charge in [-0.2, -0.15) is 16.8 Å². The number of hydrogen-bond acceptors (Lipinski definition) is 8. The lowest BCUT2D eigenvalue weighted by Crippen LogP contribution is -2.23. The van der Waals surface area contributed by atoms with Gasteiger partial charge in [0.1, 0.15) is 11.6 Å². The summed E-state index contributed by atoms with van der Waals surface area (Å²) in [7, 11) is -4.76. The number of nitrogens with one attached hydrogen (secondary N) is 6. The Bertz CT molecular complexity index is 2530. The van der Waals surface area contributed by atoms with Gasteiger partial charge >= 0.3 is 0 Å². The highest BCUT2D eigenvalue weighted by atomic mass is 32.2. The molecule has 2 amide bonds. The fraction of sp³-hybridized carbons (Fsp3) is 0.250. The van der Waals surface area contributed by atoms with Crippen molar-refractivity contribution in [2.24, 2.45) is 0 Å². The van der Waals surface area contributed by atoms with Crippen molar-refractivity contribution in [3.63, 3.8) is 0 Å². The van der Waals surface area contributed by atoms with Gasteiger partial charge < -0.3 is 31.2 Å². The molecule has 0 fully saturated rings. The molecule has 0 saturated carbocycles. The molecule has 58 heavy (non-hydrogen) atoms. The second-order valence-corrected chi connectivity index (χ2v) is 16.9. The van der Waals surface area contributed by atoms with E-state index < -0.39 is 43.4 Å². The summed E-state index contributed by atoms with van der Waals surface area (Å²) in [5, 5.41) is 13.6. The first-order valence-corrected chi connectivity index (χ1v) is 21.4. The summed E-state index contributed by atoms with van der Waals surface area (Å²) in [4.78, 5) is 31.1. The Morgan fingerprint density at radius 2 is 0.966 bits per heavy atom. The van der Waals surface area contributed by atoms with Gasteiger partial charge in [-0.25, -0.2) is 8.78 Å². The van der Waals surface area contributed by atoms with Crippen LogP contribution in [-0.2, 0) is 46.2 Å². The lowest BCUT2D eigenvalue weighted by molar-refractivity contribution is 0.0948. The van der Waals surface area contributed by atoms with Crippen molar-refractivity contribution >= 4 is 53.9 Å². The monoisotopic (exact) mass is 836 g/mol. The number of rotatable bonds is 9. The van der Waals surface area contributed by atoms with Crippen LogP contribution in [0.1, 0.15) is 43.0 Å². The summed E-state index contributed by atoms with van der Waals surface area (Å²) in [6, 6.07) is 22.1. The van der Waals surface area contributed by atoms with Gasteiger partial charge in [-0.3, -0.25) is 18.7 Å². The maximum absolute atomic E-state index is 13.9. The van der Waals surface area contributed by atoms with Gasteiger partial charge in [0.25, 0.3) is 32.1 Å². The number of H-pyrrole nitrogens is 2. The van der Waals surface area contributed by atoms with Crippen LogP contribution in [0.3, 0.4) is 0 Å². The Morgan fingerprint density at radius 1 is 0.603 bits per heavy atom. The molecular weight excluding hydrogens is 795 g/mol. The van der Waals surface area contributed by atoms with Crippen molar-refractivity contribution in [1.82, 2.24) is 31.2 Å². The van der Waals surface area contributed by atoms with E-state index in [9.17, 15) is 35.2 Å². The number of aromatic nitrogens is 2. The molecule has 0 spiro atoms. The number of aromatic amines is 2. The van der Waals surface area contributed by atoms with E-state index in [1.807, 2.05) is 14.1 Å². The van der Waals surface area contributed by atoms with Crippen molar-refractivity contribution in [2.75, 3.05) is 38.7 Å². The first kappa shape index (κ1) is 42.1. The zero-order chi connectivity index (χ0) is 41.8. The minimum Gasteiger partial charge on any atom is -0.354 e. The second-order valence-electron chi connectivity index (χ2n) is 13.7. The molecule has 4 heterocycles. The van der Waals surface area contributed by atoms with E-state index in [1.165, 1.54) is 35.4 Å². The van der Waals surface area contributed by atoms with Gasteiger partial charge in [0.15, 0.2) is 0 Å². The summed E-state index contributed by atoms with van der Waals surface area (Å²) in [6.07, 6.45) is 1.44. The summed E-state index contributed by atoms with van der Waals surface area (Å²) in [6.45, 7) is 2.72. The lowest BCUT2D eigenvalue weighted by Gasteiger charge is -2.06. The molecule has 2 aliphatic rings. The van der Waals surface area contributed by atoms with Gasteiger partial charge in [0, 0.05) is 59.4 Å². The maximum Gasteiger partial charge on any atom is 0.265 e. The minimum absolute atomic E-state index is 0.215. The zero-order valence-corrected chi connectivity index (χ0v) is 33.1. The molecule has 2 aromatic heterocycles. The summed E-state index contributed by atoms with van der Waals surface area (Å²) in [5.74, 6) is -3.20. The maximum atomic E-state index is 13.9. The van der Waals surface area contributed by atoms with Crippen LogP contribution in [0.5, 0.6) is 0 Å². The molecule has 8 N–H and O–H groups in total. The molecule has 14 nitrogen and oxygen atoms in total. The van der Waals surface area contributed by atoms with Crippen LogP contribution in [0.25, 0.3) is 44.3 Å². The zero-order valence-electron chi connectivity index (χ0n) is 31.5. The number of carbonyl (C=O) groups excluding carboxylic acids is 2. The van der Waals surface area contributed by atoms with Crippen molar-refractivity contribution in [3.05, 3.63) is 118 Å². The summed E-state index contributed by atoms with van der Waals surface area (Å²) >= 11 is 0. The van der Waals surface area contributed by atoms with Crippen LogP contribution in [0, 0.1) is 11.6 Å². The van der Waals surface area contributed by atoms with E-state index in [-0.39, 0.29) is 11.8 Å². The van der Waals surface area contributed by atoms with Gasteiger partial charge in [0.2, 0.25) is 0 Å². The number of carbonyl (C=O) groups is 2. The molecular formula is C40H42F2N6O8S2. The van der Waals surface area contributed by atoms with Crippen molar-refractivity contribution in [1.29, 1.82) is 0 Å². The van der Waals surface area contributed by atoms with Crippen LogP contribution >= 0.6 is 0 Å². The van der Waals surface area contributed by atoms with E-state index in [2.05, 4.69) is 79.8 Å². The Morgan fingerprint density at radius 3 is 1.29 bits per heavy atom. The first-order valence-electron chi connectivity index (χ1n) is 18.2. The third-order valence-electron chi connectivity index (χ3n) is 9.59. The third kappa shape index (κ3) is 9.95. The molecule has 0 aliphatic carbocycles. The summed E-state index contributed by atoms with van der Waals surface area (Å²) < 4.78 is 83.2. The highest BCUT2D eigenvalue weighted by Gasteiger charge is 2.25. The normalized spacial score (nSPS) is 13.8. The quantitative estimate of drug-likeness (QED) is 0.0937. The molecule has 306 valence electrons. The van der Waals surface area contributed by atoms with E-state index in [1.54, 1.807) is 0 Å². The van der Waals surface area contributed by atoms with Gasteiger partial charge in [0.05, 0.1) is 22.6 Å². The Hall–Kier alpha value is -5.50. The topological polar surface area (TPSA) is 223 Å².